The lowest BCUT2D eigenvalue weighted by Gasteiger charge is -2.18. The van der Waals surface area contributed by atoms with Gasteiger partial charge in [0, 0.05) is 19.2 Å². The molecule has 0 atom stereocenters. The molecule has 0 fully saturated rings. The highest BCUT2D eigenvalue weighted by molar-refractivity contribution is 5.92. The number of benzene rings is 1. The second-order valence-electron chi connectivity index (χ2n) is 4.35. The molecular weight excluding hydrogens is 270 g/mol. The SMILES string of the molecule is CCN(CCC(=O)OC)C(=O)/C=C/c1ccc(OC)cc1. The molecule has 1 aromatic carbocycles. The normalized spacial score (nSPS) is 10.4. The molecule has 0 aliphatic heterocycles. The minimum Gasteiger partial charge on any atom is -0.497 e. The van der Waals surface area contributed by atoms with E-state index in [9.17, 15) is 9.59 Å². The van der Waals surface area contributed by atoms with Gasteiger partial charge in [-0.2, -0.15) is 0 Å². The van der Waals surface area contributed by atoms with Crippen LogP contribution in [0.1, 0.15) is 18.9 Å². The Hall–Kier alpha value is -2.30. The van der Waals surface area contributed by atoms with Gasteiger partial charge in [0.25, 0.3) is 0 Å². The van der Waals surface area contributed by atoms with Crippen molar-refractivity contribution in [1.82, 2.24) is 4.90 Å². The number of hydrogen-bond acceptors (Lipinski definition) is 4. The van der Waals surface area contributed by atoms with Gasteiger partial charge in [0.1, 0.15) is 5.75 Å². The Bertz CT molecular complexity index is 494. The van der Waals surface area contributed by atoms with E-state index in [1.54, 1.807) is 18.1 Å². The van der Waals surface area contributed by atoms with Gasteiger partial charge in [-0.25, -0.2) is 0 Å². The van der Waals surface area contributed by atoms with Crippen LogP contribution in [0.5, 0.6) is 5.75 Å². The van der Waals surface area contributed by atoms with Crippen molar-refractivity contribution < 1.29 is 19.1 Å². The van der Waals surface area contributed by atoms with E-state index < -0.39 is 0 Å². The summed E-state index contributed by atoms with van der Waals surface area (Å²) < 4.78 is 9.64. The zero-order valence-electron chi connectivity index (χ0n) is 12.7. The maximum absolute atomic E-state index is 12.0. The van der Waals surface area contributed by atoms with E-state index in [1.165, 1.54) is 13.2 Å². The predicted molar refractivity (Wildman–Crippen MR) is 80.9 cm³/mol. The molecule has 0 saturated heterocycles. The minimum atomic E-state index is -0.319. The Labute approximate surface area is 125 Å². The van der Waals surface area contributed by atoms with Gasteiger partial charge in [-0.15, -0.1) is 0 Å². The molecule has 21 heavy (non-hydrogen) atoms. The van der Waals surface area contributed by atoms with Crippen LogP contribution in [0.2, 0.25) is 0 Å². The molecule has 0 bridgehead atoms. The molecule has 0 unspecified atom stereocenters. The number of ether oxygens (including phenoxy) is 2. The van der Waals surface area contributed by atoms with Crippen molar-refractivity contribution >= 4 is 18.0 Å². The van der Waals surface area contributed by atoms with Gasteiger partial charge in [0.05, 0.1) is 20.6 Å². The molecule has 5 heteroatoms. The van der Waals surface area contributed by atoms with Crippen LogP contribution in [0.4, 0.5) is 0 Å². The van der Waals surface area contributed by atoms with Gasteiger partial charge in [-0.05, 0) is 30.7 Å². The zero-order valence-corrected chi connectivity index (χ0v) is 12.7. The van der Waals surface area contributed by atoms with Crippen molar-refractivity contribution in [1.29, 1.82) is 0 Å². The first kappa shape index (κ1) is 16.8. The van der Waals surface area contributed by atoms with Gasteiger partial charge in [0.15, 0.2) is 0 Å². The highest BCUT2D eigenvalue weighted by atomic mass is 16.5. The van der Waals surface area contributed by atoms with Crippen molar-refractivity contribution in [3.63, 3.8) is 0 Å². The summed E-state index contributed by atoms with van der Waals surface area (Å²) >= 11 is 0. The molecule has 114 valence electrons. The maximum Gasteiger partial charge on any atom is 0.307 e. The molecule has 1 aromatic rings. The number of hydrogen-bond donors (Lipinski definition) is 0. The Morgan fingerprint density at radius 3 is 2.38 bits per heavy atom. The van der Waals surface area contributed by atoms with Gasteiger partial charge in [-0.1, -0.05) is 12.1 Å². The molecule has 0 heterocycles. The summed E-state index contributed by atoms with van der Waals surface area (Å²) in [6.45, 7) is 2.77. The third kappa shape index (κ3) is 5.69. The molecule has 0 radical (unpaired) electrons. The molecule has 5 nitrogen and oxygen atoms in total. The van der Waals surface area contributed by atoms with Crippen molar-refractivity contribution in [3.05, 3.63) is 35.9 Å². The van der Waals surface area contributed by atoms with E-state index in [4.69, 9.17) is 4.74 Å². The summed E-state index contributed by atoms with van der Waals surface area (Å²) in [7, 11) is 2.94. The van der Waals surface area contributed by atoms with Crippen LogP contribution < -0.4 is 4.74 Å². The Kier molecular flexibility index (Phi) is 7.01. The standard InChI is InChI=1S/C16H21NO4/c1-4-17(12-11-16(19)21-3)15(18)10-7-13-5-8-14(20-2)9-6-13/h5-10H,4,11-12H2,1-3H3/b10-7+. The van der Waals surface area contributed by atoms with E-state index in [0.717, 1.165) is 11.3 Å². The zero-order chi connectivity index (χ0) is 15.7. The molecule has 0 aliphatic carbocycles. The fourth-order valence-electron chi connectivity index (χ4n) is 1.74. The predicted octanol–water partition coefficient (Wildman–Crippen LogP) is 2.12. The Morgan fingerprint density at radius 2 is 1.86 bits per heavy atom. The van der Waals surface area contributed by atoms with Crippen LogP contribution >= 0.6 is 0 Å². The molecule has 0 N–H and O–H groups in total. The number of likely N-dealkylation sites (N-methyl/N-ethyl adjacent to an activating group) is 1. The quantitative estimate of drug-likeness (QED) is 0.570. The van der Waals surface area contributed by atoms with Crippen LogP contribution in [0.3, 0.4) is 0 Å². The van der Waals surface area contributed by atoms with Crippen molar-refractivity contribution in [2.75, 3.05) is 27.3 Å². The first-order chi connectivity index (χ1) is 10.1. The van der Waals surface area contributed by atoms with Crippen LogP contribution in [0.15, 0.2) is 30.3 Å². The number of nitrogens with zero attached hydrogens (tertiary/aromatic N) is 1. The van der Waals surface area contributed by atoms with Crippen LogP contribution in [-0.4, -0.2) is 44.1 Å². The summed E-state index contributed by atoms with van der Waals surface area (Å²) in [6.07, 6.45) is 3.44. The largest absolute Gasteiger partial charge is 0.497 e. The van der Waals surface area contributed by atoms with E-state index in [-0.39, 0.29) is 18.3 Å². The number of amides is 1. The Morgan fingerprint density at radius 1 is 1.19 bits per heavy atom. The van der Waals surface area contributed by atoms with Crippen LogP contribution in [0, 0.1) is 0 Å². The van der Waals surface area contributed by atoms with E-state index in [1.807, 2.05) is 31.2 Å². The third-order valence-corrected chi connectivity index (χ3v) is 3.04. The van der Waals surface area contributed by atoms with Crippen molar-refractivity contribution in [2.45, 2.75) is 13.3 Å². The fraction of sp³-hybridized carbons (Fsp3) is 0.375. The molecule has 0 saturated carbocycles. The molecular formula is C16H21NO4. The summed E-state index contributed by atoms with van der Waals surface area (Å²) in [5.74, 6) is 0.323. The topological polar surface area (TPSA) is 55.8 Å². The average Bonchev–Trinajstić information content (AvgIpc) is 2.53. The first-order valence-corrected chi connectivity index (χ1v) is 6.78. The maximum atomic E-state index is 12.0. The highest BCUT2D eigenvalue weighted by Crippen LogP contribution is 2.12. The average molecular weight is 291 g/mol. The van der Waals surface area contributed by atoms with Gasteiger partial charge < -0.3 is 14.4 Å². The number of esters is 1. The molecule has 0 spiro atoms. The first-order valence-electron chi connectivity index (χ1n) is 6.78. The van der Waals surface area contributed by atoms with Crippen LogP contribution in [0.25, 0.3) is 6.08 Å². The second-order valence-corrected chi connectivity index (χ2v) is 4.35. The number of methoxy groups -OCH3 is 2. The fourth-order valence-corrected chi connectivity index (χ4v) is 1.74. The molecule has 0 aromatic heterocycles. The van der Waals surface area contributed by atoms with Gasteiger partial charge >= 0.3 is 5.97 Å². The van der Waals surface area contributed by atoms with E-state index >= 15 is 0 Å². The molecule has 0 aliphatic rings. The summed E-state index contributed by atoms with van der Waals surface area (Å²) in [5, 5.41) is 0. The Balaban J connectivity index is 2.59. The molecule has 1 amide bonds. The monoisotopic (exact) mass is 291 g/mol. The number of carbonyl (C=O) groups excluding carboxylic acids is 2. The lowest BCUT2D eigenvalue weighted by atomic mass is 10.2. The molecule has 1 rings (SSSR count). The highest BCUT2D eigenvalue weighted by Gasteiger charge is 2.10. The second kappa shape index (κ2) is 8.79. The lowest BCUT2D eigenvalue weighted by Crippen LogP contribution is -2.31. The van der Waals surface area contributed by atoms with Gasteiger partial charge in [-0.3, -0.25) is 9.59 Å². The summed E-state index contributed by atoms with van der Waals surface area (Å²) in [6, 6.07) is 7.40. The van der Waals surface area contributed by atoms with E-state index in [2.05, 4.69) is 4.74 Å². The summed E-state index contributed by atoms with van der Waals surface area (Å²) in [5.41, 5.74) is 0.910. The number of carbonyl (C=O) groups is 2. The third-order valence-electron chi connectivity index (χ3n) is 3.04. The van der Waals surface area contributed by atoms with Gasteiger partial charge in [0.2, 0.25) is 5.91 Å². The van der Waals surface area contributed by atoms with Crippen molar-refractivity contribution in [3.8, 4) is 5.75 Å². The van der Waals surface area contributed by atoms with E-state index in [0.29, 0.717) is 13.1 Å². The van der Waals surface area contributed by atoms with Crippen molar-refractivity contribution in [2.24, 2.45) is 0 Å². The minimum absolute atomic E-state index is 0.128. The van der Waals surface area contributed by atoms with Crippen LogP contribution in [-0.2, 0) is 14.3 Å². The number of rotatable bonds is 7. The summed E-state index contributed by atoms with van der Waals surface area (Å²) in [4.78, 5) is 24.7. The smallest absolute Gasteiger partial charge is 0.307 e. The lowest BCUT2D eigenvalue weighted by molar-refractivity contribution is -0.141.